The van der Waals surface area contributed by atoms with Gasteiger partial charge in [-0.25, -0.2) is 9.37 Å². The van der Waals surface area contributed by atoms with E-state index < -0.39 is 0 Å². The summed E-state index contributed by atoms with van der Waals surface area (Å²) < 4.78 is 26.9. The minimum Gasteiger partial charge on any atom is -0.495 e. The number of hydrogen-bond donors (Lipinski definition) is 0. The number of hydrogen-bond acceptors (Lipinski definition) is 3. The molecule has 0 aliphatic carbocycles. The van der Waals surface area contributed by atoms with E-state index in [0.29, 0.717) is 17.4 Å². The smallest absolute Gasteiger partial charge is 0.206 e. The van der Waals surface area contributed by atoms with E-state index in [4.69, 9.17) is 9.47 Å². The first-order valence-electron chi connectivity index (χ1n) is 8.20. The van der Waals surface area contributed by atoms with E-state index in [0.717, 1.165) is 22.3 Å². The average molecular weight is 348 g/mol. The first-order valence-corrected chi connectivity index (χ1v) is 8.20. The molecule has 0 bridgehead atoms. The van der Waals surface area contributed by atoms with Crippen molar-refractivity contribution >= 4 is 11.0 Å². The van der Waals surface area contributed by atoms with Crippen molar-refractivity contribution in [2.75, 3.05) is 7.11 Å². The van der Waals surface area contributed by atoms with Crippen molar-refractivity contribution in [3.8, 4) is 23.1 Å². The molecule has 2 heterocycles. The van der Waals surface area contributed by atoms with Gasteiger partial charge in [-0.2, -0.15) is 0 Å². The normalized spacial score (nSPS) is 10.9. The van der Waals surface area contributed by atoms with Crippen LogP contribution < -0.4 is 9.47 Å². The van der Waals surface area contributed by atoms with Crippen molar-refractivity contribution in [1.29, 1.82) is 0 Å². The molecule has 4 nitrogen and oxygen atoms in total. The molecule has 0 aliphatic heterocycles. The lowest BCUT2D eigenvalue weighted by atomic mass is 10.2. The van der Waals surface area contributed by atoms with Crippen LogP contribution >= 0.6 is 0 Å². The van der Waals surface area contributed by atoms with Gasteiger partial charge in [-0.1, -0.05) is 24.3 Å². The Kier molecular flexibility index (Phi) is 4.05. The molecule has 0 amide bonds. The standard InChI is InChI=1S/C21H17FN2O2/c1-14-8-9-16(22)12-19(14)26-20-11-15-10-18(25-2)13-23-21(15)24(20)17-6-4-3-5-7-17/h3-13H,1-2H3. The Morgan fingerprint density at radius 2 is 1.81 bits per heavy atom. The van der Waals surface area contributed by atoms with E-state index in [1.54, 1.807) is 19.4 Å². The van der Waals surface area contributed by atoms with Crippen LogP contribution in [0.3, 0.4) is 0 Å². The highest BCUT2D eigenvalue weighted by Gasteiger charge is 2.15. The fourth-order valence-electron chi connectivity index (χ4n) is 2.86. The van der Waals surface area contributed by atoms with Gasteiger partial charge in [-0.15, -0.1) is 0 Å². The fraction of sp³-hybridized carbons (Fsp3) is 0.0952. The van der Waals surface area contributed by atoms with Crippen molar-refractivity contribution in [1.82, 2.24) is 9.55 Å². The van der Waals surface area contributed by atoms with E-state index in [1.165, 1.54) is 12.1 Å². The molecule has 0 fully saturated rings. The Morgan fingerprint density at radius 1 is 1.00 bits per heavy atom. The monoisotopic (exact) mass is 348 g/mol. The van der Waals surface area contributed by atoms with Crippen LogP contribution in [0.1, 0.15) is 5.56 Å². The Balaban J connectivity index is 1.91. The van der Waals surface area contributed by atoms with Crippen molar-refractivity contribution < 1.29 is 13.9 Å². The third-order valence-electron chi connectivity index (χ3n) is 4.20. The lowest BCUT2D eigenvalue weighted by Gasteiger charge is -2.12. The zero-order chi connectivity index (χ0) is 18.1. The summed E-state index contributed by atoms with van der Waals surface area (Å²) >= 11 is 0. The summed E-state index contributed by atoms with van der Waals surface area (Å²) in [6, 6.07) is 18.1. The van der Waals surface area contributed by atoms with E-state index in [1.807, 2.05) is 54.0 Å². The number of pyridine rings is 1. The van der Waals surface area contributed by atoms with Crippen LogP contribution in [0.2, 0.25) is 0 Å². The molecular weight excluding hydrogens is 331 g/mol. The number of para-hydroxylation sites is 1. The summed E-state index contributed by atoms with van der Waals surface area (Å²) in [6.45, 7) is 1.88. The van der Waals surface area contributed by atoms with Gasteiger partial charge >= 0.3 is 0 Å². The van der Waals surface area contributed by atoms with Crippen molar-refractivity contribution in [3.05, 3.63) is 78.2 Å². The number of halogens is 1. The predicted molar refractivity (Wildman–Crippen MR) is 98.8 cm³/mol. The zero-order valence-electron chi connectivity index (χ0n) is 14.4. The number of benzene rings is 2. The van der Waals surface area contributed by atoms with Gasteiger partial charge in [0.05, 0.1) is 19.0 Å². The molecule has 0 spiro atoms. The van der Waals surface area contributed by atoms with Crippen molar-refractivity contribution in [2.24, 2.45) is 0 Å². The molecule has 130 valence electrons. The summed E-state index contributed by atoms with van der Waals surface area (Å²) in [5, 5.41) is 0.872. The molecule has 4 aromatic rings. The van der Waals surface area contributed by atoms with Crippen LogP contribution in [0, 0.1) is 12.7 Å². The SMILES string of the molecule is COc1cnc2c(c1)cc(Oc1cc(F)ccc1C)n2-c1ccccc1. The van der Waals surface area contributed by atoms with Gasteiger partial charge in [0, 0.05) is 17.5 Å². The van der Waals surface area contributed by atoms with Crippen LogP contribution in [0.15, 0.2) is 66.9 Å². The highest BCUT2D eigenvalue weighted by Crippen LogP contribution is 2.34. The maximum absolute atomic E-state index is 13.7. The topological polar surface area (TPSA) is 36.3 Å². The third kappa shape index (κ3) is 2.88. The summed E-state index contributed by atoms with van der Waals surface area (Å²) in [6.07, 6.45) is 1.67. The largest absolute Gasteiger partial charge is 0.495 e. The predicted octanol–water partition coefficient (Wildman–Crippen LogP) is 5.27. The molecule has 2 aromatic carbocycles. The second kappa shape index (κ2) is 6.52. The van der Waals surface area contributed by atoms with E-state index in [-0.39, 0.29) is 5.82 Å². The lowest BCUT2D eigenvalue weighted by Crippen LogP contribution is -1.99. The minimum absolute atomic E-state index is 0.340. The number of aryl methyl sites for hydroxylation is 1. The molecular formula is C21H17FN2O2. The number of ether oxygens (including phenoxy) is 2. The second-order valence-corrected chi connectivity index (χ2v) is 5.95. The number of methoxy groups -OCH3 is 1. The quantitative estimate of drug-likeness (QED) is 0.504. The van der Waals surface area contributed by atoms with Crippen molar-refractivity contribution in [3.63, 3.8) is 0 Å². The summed E-state index contributed by atoms with van der Waals surface area (Å²) in [5.74, 6) is 1.35. The van der Waals surface area contributed by atoms with Gasteiger partial charge in [0.15, 0.2) is 0 Å². The molecule has 0 atom stereocenters. The number of nitrogens with zero attached hydrogens (tertiary/aromatic N) is 2. The van der Waals surface area contributed by atoms with E-state index >= 15 is 0 Å². The number of rotatable bonds is 4. The van der Waals surface area contributed by atoms with Gasteiger partial charge in [0.1, 0.15) is 23.0 Å². The van der Waals surface area contributed by atoms with Crippen LogP contribution in [0.5, 0.6) is 17.4 Å². The molecule has 0 saturated heterocycles. The molecule has 5 heteroatoms. The maximum Gasteiger partial charge on any atom is 0.206 e. The minimum atomic E-state index is -0.340. The summed E-state index contributed by atoms with van der Waals surface area (Å²) in [4.78, 5) is 4.51. The first-order chi connectivity index (χ1) is 12.7. The molecule has 26 heavy (non-hydrogen) atoms. The van der Waals surface area contributed by atoms with Crippen LogP contribution in [-0.2, 0) is 0 Å². The Labute approximate surface area is 150 Å². The van der Waals surface area contributed by atoms with Crippen LogP contribution in [0.4, 0.5) is 4.39 Å². The summed E-state index contributed by atoms with van der Waals surface area (Å²) in [5.41, 5.74) is 2.49. The number of aromatic nitrogens is 2. The number of fused-ring (bicyclic) bond motifs is 1. The van der Waals surface area contributed by atoms with Gasteiger partial charge in [0.25, 0.3) is 0 Å². The Morgan fingerprint density at radius 3 is 2.58 bits per heavy atom. The molecule has 0 N–H and O–H groups in total. The van der Waals surface area contributed by atoms with E-state index in [2.05, 4.69) is 4.98 Å². The van der Waals surface area contributed by atoms with Crippen LogP contribution in [-0.4, -0.2) is 16.7 Å². The van der Waals surface area contributed by atoms with Gasteiger partial charge in [-0.05, 0) is 36.8 Å². The Hall–Kier alpha value is -3.34. The molecule has 0 radical (unpaired) electrons. The zero-order valence-corrected chi connectivity index (χ0v) is 14.4. The fourth-order valence-corrected chi connectivity index (χ4v) is 2.86. The molecule has 0 saturated carbocycles. The third-order valence-corrected chi connectivity index (χ3v) is 4.20. The molecule has 0 unspecified atom stereocenters. The van der Waals surface area contributed by atoms with E-state index in [9.17, 15) is 4.39 Å². The summed E-state index contributed by atoms with van der Waals surface area (Å²) in [7, 11) is 1.60. The average Bonchev–Trinajstić information content (AvgIpc) is 3.02. The van der Waals surface area contributed by atoms with Crippen LogP contribution in [0.25, 0.3) is 16.7 Å². The Bertz CT molecular complexity index is 1070. The van der Waals surface area contributed by atoms with Gasteiger partial charge in [0.2, 0.25) is 5.88 Å². The van der Waals surface area contributed by atoms with Crippen molar-refractivity contribution in [2.45, 2.75) is 6.92 Å². The molecule has 0 aliphatic rings. The highest BCUT2D eigenvalue weighted by atomic mass is 19.1. The maximum atomic E-state index is 13.7. The second-order valence-electron chi connectivity index (χ2n) is 5.95. The van der Waals surface area contributed by atoms with Gasteiger partial charge < -0.3 is 9.47 Å². The highest BCUT2D eigenvalue weighted by molar-refractivity contribution is 5.82. The van der Waals surface area contributed by atoms with Gasteiger partial charge in [-0.3, -0.25) is 4.57 Å². The lowest BCUT2D eigenvalue weighted by molar-refractivity contribution is 0.413. The molecule has 2 aromatic heterocycles. The molecule has 4 rings (SSSR count). The first kappa shape index (κ1) is 16.1.